The Hall–Kier alpha value is -2.40. The number of nitrogens with one attached hydrogen (secondary N) is 2. The van der Waals surface area contributed by atoms with Crippen LogP contribution in [0.4, 0.5) is 0 Å². The maximum atomic E-state index is 13.4. The van der Waals surface area contributed by atoms with Crippen molar-refractivity contribution in [3.05, 3.63) is 69.7 Å². The van der Waals surface area contributed by atoms with Crippen LogP contribution < -0.4 is 10.9 Å². The zero-order chi connectivity index (χ0) is 26.7. The van der Waals surface area contributed by atoms with Crippen LogP contribution in [0.15, 0.2) is 48.5 Å². The quantitative estimate of drug-likeness (QED) is 0.444. The van der Waals surface area contributed by atoms with Crippen molar-refractivity contribution in [3.8, 4) is 0 Å². The molecule has 2 fully saturated rings. The van der Waals surface area contributed by atoms with Gasteiger partial charge < -0.3 is 0 Å². The average Bonchev–Trinajstić information content (AvgIpc) is 3.42. The number of halogens is 2. The Morgan fingerprint density at radius 2 is 1.22 bits per heavy atom. The Bertz CT molecular complexity index is 1090. The Balaban J connectivity index is 1.51. The third-order valence-corrected chi connectivity index (χ3v) is 9.21. The third kappa shape index (κ3) is 6.19. The van der Waals surface area contributed by atoms with Crippen molar-refractivity contribution in [1.82, 2.24) is 20.9 Å². The second-order valence-corrected chi connectivity index (χ2v) is 11.8. The molecule has 2 saturated heterocycles. The third-order valence-electron chi connectivity index (χ3n) is 6.29. The number of hydrogen-bond donors (Lipinski definition) is 2. The first kappa shape index (κ1) is 27.6. The number of rotatable bonds is 8. The smallest absolute Gasteiger partial charge is 0.252 e. The molecule has 0 bridgehead atoms. The van der Waals surface area contributed by atoms with Gasteiger partial charge in [-0.15, -0.1) is 23.5 Å². The van der Waals surface area contributed by atoms with Crippen molar-refractivity contribution in [2.24, 2.45) is 11.8 Å². The second kappa shape index (κ2) is 12.0. The zero-order valence-corrected chi connectivity index (χ0v) is 23.3. The van der Waals surface area contributed by atoms with Gasteiger partial charge in [-0.1, -0.05) is 67.7 Å². The zero-order valence-electron chi connectivity index (χ0n) is 20.1. The fourth-order valence-electron chi connectivity index (χ4n) is 4.09. The number of amides is 4. The molecule has 0 aliphatic carbocycles. The Morgan fingerprint density at radius 3 is 1.57 bits per heavy atom. The summed E-state index contributed by atoms with van der Waals surface area (Å²) in [5.74, 6) is -2.84. The van der Waals surface area contributed by atoms with E-state index in [1.807, 2.05) is 6.92 Å². The number of carbonyl (C=O) groups is 4. The molecule has 3 atom stereocenters. The minimum absolute atomic E-state index is 0.191. The van der Waals surface area contributed by atoms with Crippen LogP contribution in [0.3, 0.4) is 0 Å². The number of benzene rings is 2. The monoisotopic (exact) mass is 580 g/mol. The highest BCUT2D eigenvalue weighted by Crippen LogP contribution is 2.39. The summed E-state index contributed by atoms with van der Waals surface area (Å²) in [7, 11) is 0. The van der Waals surface area contributed by atoms with Crippen LogP contribution in [0.1, 0.15) is 42.1 Å². The van der Waals surface area contributed by atoms with E-state index in [1.54, 1.807) is 55.5 Å². The van der Waals surface area contributed by atoms with Crippen molar-refractivity contribution in [2.45, 2.75) is 31.0 Å². The van der Waals surface area contributed by atoms with Gasteiger partial charge in [0.05, 0.1) is 11.5 Å². The molecule has 2 aromatic rings. The highest BCUT2D eigenvalue weighted by Gasteiger charge is 2.41. The van der Waals surface area contributed by atoms with E-state index in [1.165, 1.54) is 33.5 Å². The molecule has 2 aliphatic heterocycles. The normalized spacial score (nSPS) is 21.2. The van der Waals surface area contributed by atoms with Crippen LogP contribution in [-0.2, 0) is 19.2 Å². The molecule has 2 aromatic carbocycles. The maximum absolute atomic E-state index is 13.4. The molecule has 0 aromatic heterocycles. The fraction of sp³-hybridized carbons (Fsp3) is 0.360. The molecule has 2 heterocycles. The Kier molecular flexibility index (Phi) is 8.94. The van der Waals surface area contributed by atoms with Crippen molar-refractivity contribution in [1.29, 1.82) is 0 Å². The summed E-state index contributed by atoms with van der Waals surface area (Å²) in [5, 5.41) is 2.78. The molecule has 3 unspecified atom stereocenters. The highest BCUT2D eigenvalue weighted by molar-refractivity contribution is 8.00. The maximum Gasteiger partial charge on any atom is 0.252 e. The van der Waals surface area contributed by atoms with Crippen molar-refractivity contribution in [2.75, 3.05) is 11.5 Å². The topological polar surface area (TPSA) is 98.8 Å². The lowest BCUT2D eigenvalue weighted by atomic mass is 9.90. The standard InChI is InChI=1S/C25H26Cl2N4O4S2/c1-3-14(2)21(22(34)28-30-19(32)12-36-24(30)15-4-8-17(26)9-5-15)23(35)29-31-20(33)13-37-25(31)16-6-10-18(27)11-7-16/h4-11,14,21,24-25H,3,12-13H2,1-2H3,(H,28,34)(H,29,35). The lowest BCUT2D eigenvalue weighted by molar-refractivity contribution is -0.150. The highest BCUT2D eigenvalue weighted by atomic mass is 35.5. The summed E-state index contributed by atoms with van der Waals surface area (Å²) < 4.78 is 0. The summed E-state index contributed by atoms with van der Waals surface area (Å²) in [4.78, 5) is 52.2. The summed E-state index contributed by atoms with van der Waals surface area (Å²) >= 11 is 14.7. The van der Waals surface area contributed by atoms with Crippen molar-refractivity contribution in [3.63, 3.8) is 0 Å². The molecule has 196 valence electrons. The summed E-state index contributed by atoms with van der Waals surface area (Å²) in [6.07, 6.45) is 0.540. The van der Waals surface area contributed by atoms with Gasteiger partial charge in [-0.3, -0.25) is 30.0 Å². The van der Waals surface area contributed by atoms with Crippen LogP contribution >= 0.6 is 46.7 Å². The lowest BCUT2D eigenvalue weighted by Gasteiger charge is -2.30. The van der Waals surface area contributed by atoms with Gasteiger partial charge in [0.2, 0.25) is 0 Å². The van der Waals surface area contributed by atoms with Gasteiger partial charge in [-0.2, -0.15) is 0 Å². The molecule has 8 nitrogen and oxygen atoms in total. The van der Waals surface area contributed by atoms with E-state index in [9.17, 15) is 19.2 Å². The van der Waals surface area contributed by atoms with E-state index in [2.05, 4.69) is 10.9 Å². The van der Waals surface area contributed by atoms with E-state index in [4.69, 9.17) is 23.2 Å². The summed E-state index contributed by atoms with van der Waals surface area (Å²) in [6, 6.07) is 14.1. The molecule has 2 N–H and O–H groups in total. The fourth-order valence-corrected chi connectivity index (χ4v) is 6.55. The summed E-state index contributed by atoms with van der Waals surface area (Å²) in [6.45, 7) is 3.66. The van der Waals surface area contributed by atoms with Crippen LogP contribution in [0.5, 0.6) is 0 Å². The van der Waals surface area contributed by atoms with Gasteiger partial charge in [-0.25, -0.2) is 10.0 Å². The predicted molar refractivity (Wildman–Crippen MR) is 146 cm³/mol. The molecular formula is C25H26Cl2N4O4S2. The van der Waals surface area contributed by atoms with Crippen LogP contribution in [0.25, 0.3) is 0 Å². The summed E-state index contributed by atoms with van der Waals surface area (Å²) in [5.41, 5.74) is 6.96. The van der Waals surface area contributed by atoms with E-state index in [0.717, 1.165) is 11.1 Å². The SMILES string of the molecule is CCC(C)C(C(=O)NN1C(=O)CSC1c1ccc(Cl)cc1)C(=O)NN1C(=O)CSC1c1ccc(Cl)cc1. The first-order valence-corrected chi connectivity index (χ1v) is 14.5. The van der Waals surface area contributed by atoms with Gasteiger partial charge in [0, 0.05) is 10.0 Å². The Morgan fingerprint density at radius 1 is 0.838 bits per heavy atom. The largest absolute Gasteiger partial charge is 0.272 e. The molecule has 2 aliphatic rings. The number of carbonyl (C=O) groups excluding carboxylic acids is 4. The van der Waals surface area contributed by atoms with E-state index >= 15 is 0 Å². The number of thioether (sulfide) groups is 2. The second-order valence-electron chi connectivity index (χ2n) is 8.77. The minimum Gasteiger partial charge on any atom is -0.272 e. The molecule has 0 radical (unpaired) electrons. The van der Waals surface area contributed by atoms with Crippen LogP contribution in [-0.4, -0.2) is 45.2 Å². The van der Waals surface area contributed by atoms with Crippen LogP contribution in [0.2, 0.25) is 10.0 Å². The molecular weight excluding hydrogens is 555 g/mol. The first-order valence-electron chi connectivity index (χ1n) is 11.7. The van der Waals surface area contributed by atoms with Gasteiger partial charge >= 0.3 is 0 Å². The molecule has 37 heavy (non-hydrogen) atoms. The average molecular weight is 582 g/mol. The molecule has 0 saturated carbocycles. The van der Waals surface area contributed by atoms with Crippen molar-refractivity contribution < 1.29 is 19.2 Å². The molecule has 4 amide bonds. The number of hydrazine groups is 2. The van der Waals surface area contributed by atoms with E-state index in [-0.39, 0.29) is 29.2 Å². The van der Waals surface area contributed by atoms with Crippen LogP contribution in [0, 0.1) is 11.8 Å². The van der Waals surface area contributed by atoms with E-state index in [0.29, 0.717) is 16.5 Å². The first-order chi connectivity index (χ1) is 17.7. The van der Waals surface area contributed by atoms with E-state index < -0.39 is 28.5 Å². The molecule has 12 heteroatoms. The minimum atomic E-state index is -1.13. The van der Waals surface area contributed by atoms with Gasteiger partial charge in [0.1, 0.15) is 16.7 Å². The number of hydrogen-bond acceptors (Lipinski definition) is 6. The predicted octanol–water partition coefficient (Wildman–Crippen LogP) is 4.57. The number of nitrogens with zero attached hydrogens (tertiary/aromatic N) is 2. The van der Waals surface area contributed by atoms with Crippen molar-refractivity contribution >= 4 is 70.4 Å². The van der Waals surface area contributed by atoms with Gasteiger partial charge in [0.25, 0.3) is 23.6 Å². The molecule has 4 rings (SSSR count). The van der Waals surface area contributed by atoms with Gasteiger partial charge in [0.15, 0.2) is 0 Å². The lowest BCUT2D eigenvalue weighted by Crippen LogP contribution is -2.54. The molecule has 0 spiro atoms. The Labute approximate surface area is 233 Å². The van der Waals surface area contributed by atoms with Gasteiger partial charge in [-0.05, 0) is 41.3 Å².